The molecule has 2 aromatic heterocycles. The van der Waals surface area contributed by atoms with Crippen LogP contribution in [0.15, 0.2) is 41.2 Å². The summed E-state index contributed by atoms with van der Waals surface area (Å²) in [7, 11) is 0. The molecule has 0 aliphatic carbocycles. The Morgan fingerprint density at radius 2 is 2.00 bits per heavy atom. The highest BCUT2D eigenvalue weighted by molar-refractivity contribution is 5.85. The summed E-state index contributed by atoms with van der Waals surface area (Å²) in [4.78, 5) is 26.5. The zero-order chi connectivity index (χ0) is 13.1. The minimum Gasteiger partial charge on any atom is -0.477 e. The molecule has 0 saturated carbocycles. The topological polar surface area (TPSA) is 72.2 Å². The molecule has 0 fully saturated rings. The summed E-state index contributed by atoms with van der Waals surface area (Å²) in [6.07, 6.45) is 0. The number of carbonyl (C=O) groups is 1. The van der Waals surface area contributed by atoms with E-state index >= 15 is 0 Å². The fourth-order valence-corrected chi connectivity index (χ4v) is 1.67. The zero-order valence-corrected chi connectivity index (χ0v) is 9.83. The number of aryl methyl sites for hydroxylation is 1. The zero-order valence-electron chi connectivity index (χ0n) is 9.83. The molecule has 5 heteroatoms. The Bertz CT molecular complexity index is 647. The second-order valence-corrected chi connectivity index (χ2v) is 3.91. The van der Waals surface area contributed by atoms with Gasteiger partial charge in [0.15, 0.2) is 0 Å². The van der Waals surface area contributed by atoms with Crippen molar-refractivity contribution in [2.75, 3.05) is 0 Å². The minimum absolute atomic E-state index is 0.0193. The Morgan fingerprint density at radius 3 is 2.67 bits per heavy atom. The van der Waals surface area contributed by atoms with Gasteiger partial charge >= 0.3 is 5.97 Å². The second-order valence-electron chi connectivity index (χ2n) is 3.91. The average molecular weight is 244 g/mol. The van der Waals surface area contributed by atoms with Gasteiger partial charge in [-0.2, -0.15) is 0 Å². The molecule has 92 valence electrons. The van der Waals surface area contributed by atoms with Gasteiger partial charge < -0.3 is 9.67 Å². The molecule has 0 bridgehead atoms. The highest BCUT2D eigenvalue weighted by Crippen LogP contribution is 2.03. The van der Waals surface area contributed by atoms with E-state index in [4.69, 9.17) is 5.11 Å². The van der Waals surface area contributed by atoms with E-state index in [0.717, 1.165) is 5.69 Å². The second kappa shape index (κ2) is 4.83. The van der Waals surface area contributed by atoms with Crippen LogP contribution in [0, 0.1) is 6.92 Å². The molecule has 0 atom stereocenters. The molecule has 0 aliphatic heterocycles. The normalized spacial score (nSPS) is 10.3. The predicted molar refractivity (Wildman–Crippen MR) is 65.7 cm³/mol. The smallest absolute Gasteiger partial charge is 0.354 e. The quantitative estimate of drug-likeness (QED) is 0.883. The van der Waals surface area contributed by atoms with Crippen LogP contribution < -0.4 is 5.56 Å². The first-order valence-electron chi connectivity index (χ1n) is 5.43. The van der Waals surface area contributed by atoms with Crippen LogP contribution in [0.2, 0.25) is 0 Å². The first-order valence-corrected chi connectivity index (χ1v) is 5.43. The van der Waals surface area contributed by atoms with Crippen molar-refractivity contribution in [2.45, 2.75) is 13.5 Å². The molecule has 5 nitrogen and oxygen atoms in total. The molecule has 0 aliphatic rings. The Morgan fingerprint density at radius 1 is 1.28 bits per heavy atom. The maximum atomic E-state index is 11.7. The van der Waals surface area contributed by atoms with Gasteiger partial charge in [-0.3, -0.25) is 4.79 Å². The fourth-order valence-electron chi connectivity index (χ4n) is 1.67. The van der Waals surface area contributed by atoms with Gasteiger partial charge in [-0.1, -0.05) is 12.1 Å². The number of aromatic nitrogens is 2. The van der Waals surface area contributed by atoms with Crippen LogP contribution in [0.5, 0.6) is 0 Å². The van der Waals surface area contributed by atoms with Crippen LogP contribution in [0.1, 0.15) is 21.9 Å². The first-order chi connectivity index (χ1) is 8.58. The summed E-state index contributed by atoms with van der Waals surface area (Å²) in [5, 5.41) is 8.85. The number of hydrogen-bond acceptors (Lipinski definition) is 3. The lowest BCUT2D eigenvalue weighted by molar-refractivity contribution is 0.0690. The van der Waals surface area contributed by atoms with E-state index < -0.39 is 5.97 Å². The van der Waals surface area contributed by atoms with Gasteiger partial charge in [0.1, 0.15) is 5.69 Å². The molecule has 2 rings (SSSR count). The lowest BCUT2D eigenvalue weighted by Crippen LogP contribution is -2.22. The highest BCUT2D eigenvalue weighted by atomic mass is 16.4. The number of carboxylic acid groups (broad SMARTS) is 1. The number of rotatable bonds is 3. The third-order valence-corrected chi connectivity index (χ3v) is 2.61. The van der Waals surface area contributed by atoms with E-state index in [1.165, 1.54) is 12.1 Å². The molecule has 0 saturated heterocycles. The molecular formula is C13H12N2O3. The molecule has 0 amide bonds. The molecule has 0 spiro atoms. The minimum atomic E-state index is -1.08. The summed E-state index contributed by atoms with van der Waals surface area (Å²) in [6, 6.07) is 9.72. The van der Waals surface area contributed by atoms with Crippen LogP contribution in [0.25, 0.3) is 0 Å². The Labute approximate surface area is 103 Å². The van der Waals surface area contributed by atoms with Crippen LogP contribution in [-0.4, -0.2) is 20.6 Å². The van der Waals surface area contributed by atoms with Crippen molar-refractivity contribution in [3.63, 3.8) is 0 Å². The largest absolute Gasteiger partial charge is 0.477 e. The van der Waals surface area contributed by atoms with Crippen LogP contribution in [-0.2, 0) is 6.54 Å². The molecule has 2 aromatic rings. The van der Waals surface area contributed by atoms with Gasteiger partial charge in [-0.25, -0.2) is 9.78 Å². The van der Waals surface area contributed by atoms with Gasteiger partial charge in [0, 0.05) is 11.8 Å². The van der Waals surface area contributed by atoms with Crippen molar-refractivity contribution in [3.8, 4) is 0 Å². The SMILES string of the molecule is Cc1cccc(=O)n1Cc1cccc(C(=O)O)n1. The summed E-state index contributed by atoms with van der Waals surface area (Å²) in [5.41, 5.74) is 1.21. The molecule has 0 unspecified atom stereocenters. The van der Waals surface area contributed by atoms with Gasteiger partial charge in [-0.05, 0) is 25.1 Å². The highest BCUT2D eigenvalue weighted by Gasteiger charge is 2.06. The van der Waals surface area contributed by atoms with E-state index in [9.17, 15) is 9.59 Å². The third-order valence-electron chi connectivity index (χ3n) is 2.61. The summed E-state index contributed by atoms with van der Waals surface area (Å²) >= 11 is 0. The van der Waals surface area contributed by atoms with Crippen LogP contribution >= 0.6 is 0 Å². The number of aromatic carboxylic acids is 1. The van der Waals surface area contributed by atoms with Crippen molar-refractivity contribution in [1.29, 1.82) is 0 Å². The molecule has 18 heavy (non-hydrogen) atoms. The van der Waals surface area contributed by atoms with Gasteiger partial charge in [0.25, 0.3) is 5.56 Å². The lowest BCUT2D eigenvalue weighted by atomic mass is 10.2. The number of nitrogens with zero attached hydrogens (tertiary/aromatic N) is 2. The van der Waals surface area contributed by atoms with Crippen molar-refractivity contribution in [1.82, 2.24) is 9.55 Å². The van der Waals surface area contributed by atoms with E-state index in [1.807, 2.05) is 13.0 Å². The lowest BCUT2D eigenvalue weighted by Gasteiger charge is -2.08. The monoisotopic (exact) mass is 244 g/mol. The molecule has 1 N–H and O–H groups in total. The van der Waals surface area contributed by atoms with Crippen molar-refractivity contribution >= 4 is 5.97 Å². The van der Waals surface area contributed by atoms with Gasteiger partial charge in [0.2, 0.25) is 0 Å². The molecule has 0 aromatic carbocycles. The Balaban J connectivity index is 2.37. The summed E-state index contributed by atoms with van der Waals surface area (Å²) in [5.74, 6) is -1.08. The first kappa shape index (κ1) is 12.0. The summed E-state index contributed by atoms with van der Waals surface area (Å²) < 4.78 is 1.55. The maximum Gasteiger partial charge on any atom is 0.354 e. The molecule has 0 radical (unpaired) electrons. The molecular weight excluding hydrogens is 232 g/mol. The van der Waals surface area contributed by atoms with Crippen molar-refractivity contribution in [2.24, 2.45) is 0 Å². The average Bonchev–Trinajstić information content (AvgIpc) is 2.34. The third kappa shape index (κ3) is 2.45. The number of carboxylic acids is 1. The number of hydrogen-bond donors (Lipinski definition) is 1. The van der Waals surface area contributed by atoms with E-state index in [2.05, 4.69) is 4.98 Å². The van der Waals surface area contributed by atoms with Crippen LogP contribution in [0.3, 0.4) is 0 Å². The fraction of sp³-hybridized carbons (Fsp3) is 0.154. The van der Waals surface area contributed by atoms with E-state index in [-0.39, 0.29) is 17.8 Å². The predicted octanol–water partition coefficient (Wildman–Crippen LogP) is 1.30. The number of pyridine rings is 2. The van der Waals surface area contributed by atoms with Gasteiger partial charge in [0.05, 0.1) is 12.2 Å². The van der Waals surface area contributed by atoms with Crippen molar-refractivity contribution < 1.29 is 9.90 Å². The summed E-state index contributed by atoms with van der Waals surface area (Å²) in [6.45, 7) is 2.09. The van der Waals surface area contributed by atoms with Crippen molar-refractivity contribution in [3.05, 3.63) is 63.8 Å². The van der Waals surface area contributed by atoms with E-state index in [0.29, 0.717) is 5.69 Å². The van der Waals surface area contributed by atoms with Gasteiger partial charge in [-0.15, -0.1) is 0 Å². The standard InChI is InChI=1S/C13H12N2O3/c1-9-4-2-7-12(16)15(9)8-10-5-3-6-11(14-10)13(17)18/h2-7H,8H2,1H3,(H,17,18). The Kier molecular flexibility index (Phi) is 3.23. The van der Waals surface area contributed by atoms with Crippen LogP contribution in [0.4, 0.5) is 0 Å². The Hall–Kier alpha value is -2.43. The molecule has 2 heterocycles. The van der Waals surface area contributed by atoms with E-state index in [1.54, 1.807) is 22.8 Å². The maximum absolute atomic E-state index is 11.7.